The Morgan fingerprint density at radius 1 is 0.926 bits per heavy atom. The second-order valence-corrected chi connectivity index (χ2v) is 5.71. The summed E-state index contributed by atoms with van der Waals surface area (Å²) in [5, 5.41) is 3.53. The van der Waals surface area contributed by atoms with Gasteiger partial charge < -0.3 is 14.8 Å². The van der Waals surface area contributed by atoms with E-state index in [9.17, 15) is 13.2 Å². The third-order valence-corrected chi connectivity index (χ3v) is 3.91. The van der Waals surface area contributed by atoms with Crippen molar-refractivity contribution >= 4 is 22.3 Å². The number of nitrogens with zero attached hydrogens (tertiary/aromatic N) is 1. The summed E-state index contributed by atoms with van der Waals surface area (Å²) in [5.74, 6) is 1.07. The molecule has 2 aromatic carbocycles. The van der Waals surface area contributed by atoms with Crippen LogP contribution in [-0.2, 0) is 6.18 Å². The van der Waals surface area contributed by atoms with Crippen LogP contribution >= 0.6 is 0 Å². The molecule has 27 heavy (non-hydrogen) atoms. The molecule has 1 aromatic heterocycles. The fourth-order valence-corrected chi connectivity index (χ4v) is 2.78. The molecule has 0 spiro atoms. The molecule has 0 fully saturated rings. The highest BCUT2D eigenvalue weighted by Crippen LogP contribution is 2.39. The monoisotopic (exact) mass is 376 g/mol. The number of fused-ring (bicyclic) bond motifs is 1. The van der Waals surface area contributed by atoms with E-state index in [-0.39, 0.29) is 5.69 Å². The minimum absolute atomic E-state index is 0.0238. The van der Waals surface area contributed by atoms with E-state index in [4.69, 9.17) is 9.47 Å². The van der Waals surface area contributed by atoms with Crippen LogP contribution in [0.2, 0.25) is 0 Å². The maximum atomic E-state index is 13.3. The zero-order valence-corrected chi connectivity index (χ0v) is 14.9. The van der Waals surface area contributed by atoms with Crippen LogP contribution in [0.5, 0.6) is 11.5 Å². The molecule has 0 unspecified atom stereocenters. The third kappa shape index (κ3) is 4.07. The smallest absolute Gasteiger partial charge is 0.418 e. The molecule has 3 aromatic rings. The molecule has 0 bridgehead atoms. The Balaban J connectivity index is 2.09. The second-order valence-electron chi connectivity index (χ2n) is 5.71. The van der Waals surface area contributed by atoms with Gasteiger partial charge in [-0.05, 0) is 38.1 Å². The van der Waals surface area contributed by atoms with Crippen LogP contribution in [0.4, 0.5) is 24.5 Å². The quantitative estimate of drug-likeness (QED) is 0.591. The van der Waals surface area contributed by atoms with Gasteiger partial charge >= 0.3 is 6.18 Å². The van der Waals surface area contributed by atoms with Crippen molar-refractivity contribution in [3.63, 3.8) is 0 Å². The van der Waals surface area contributed by atoms with E-state index >= 15 is 0 Å². The van der Waals surface area contributed by atoms with Gasteiger partial charge in [-0.25, -0.2) is 0 Å². The first kappa shape index (κ1) is 18.8. The Morgan fingerprint density at radius 3 is 2.26 bits per heavy atom. The molecule has 3 rings (SSSR count). The molecule has 4 nitrogen and oxygen atoms in total. The van der Waals surface area contributed by atoms with Crippen molar-refractivity contribution in [1.29, 1.82) is 0 Å². The van der Waals surface area contributed by atoms with Crippen molar-refractivity contribution < 1.29 is 22.6 Å². The number of ether oxygens (including phenoxy) is 2. The topological polar surface area (TPSA) is 43.4 Å². The molecule has 0 saturated carbocycles. The fourth-order valence-electron chi connectivity index (χ4n) is 2.78. The van der Waals surface area contributed by atoms with E-state index in [0.29, 0.717) is 41.3 Å². The van der Waals surface area contributed by atoms with Crippen LogP contribution in [0.3, 0.4) is 0 Å². The Hall–Kier alpha value is -2.96. The Kier molecular flexibility index (Phi) is 5.39. The van der Waals surface area contributed by atoms with E-state index < -0.39 is 11.7 Å². The zero-order chi connectivity index (χ0) is 19.4. The second kappa shape index (κ2) is 7.73. The standard InChI is InChI=1S/C20H19F3N2O2/c1-3-26-18-11-13-15(9-10-24-17(13)12-19(18)27-4-2)25-16-8-6-5-7-14(16)20(21,22)23/h5-12H,3-4H2,1-2H3,(H,24,25). The van der Waals surface area contributed by atoms with E-state index in [0.717, 1.165) is 6.07 Å². The average Bonchev–Trinajstić information content (AvgIpc) is 2.63. The van der Waals surface area contributed by atoms with Crippen molar-refractivity contribution in [2.24, 2.45) is 0 Å². The first-order valence-electron chi connectivity index (χ1n) is 8.55. The van der Waals surface area contributed by atoms with Gasteiger partial charge in [0.15, 0.2) is 11.5 Å². The van der Waals surface area contributed by atoms with Crippen LogP contribution in [0.1, 0.15) is 19.4 Å². The summed E-state index contributed by atoms with van der Waals surface area (Å²) in [7, 11) is 0. The molecule has 0 radical (unpaired) electrons. The highest BCUT2D eigenvalue weighted by atomic mass is 19.4. The minimum atomic E-state index is -4.45. The highest BCUT2D eigenvalue weighted by Gasteiger charge is 2.33. The lowest BCUT2D eigenvalue weighted by molar-refractivity contribution is -0.136. The Morgan fingerprint density at radius 2 is 1.59 bits per heavy atom. The molecule has 0 aliphatic heterocycles. The minimum Gasteiger partial charge on any atom is -0.490 e. The molecule has 0 amide bonds. The Bertz CT molecular complexity index is 942. The lowest BCUT2D eigenvalue weighted by Gasteiger charge is -2.17. The number of rotatable bonds is 6. The molecule has 0 aliphatic rings. The van der Waals surface area contributed by atoms with Gasteiger partial charge in [-0.15, -0.1) is 0 Å². The molecule has 0 aliphatic carbocycles. The summed E-state index contributed by atoms with van der Waals surface area (Å²) in [5.41, 5.74) is 0.340. The predicted octanol–water partition coefficient (Wildman–Crippen LogP) is 5.79. The molecule has 0 saturated heterocycles. The summed E-state index contributed by atoms with van der Waals surface area (Å²) < 4.78 is 51.0. The molecular weight excluding hydrogens is 357 g/mol. The summed E-state index contributed by atoms with van der Waals surface area (Å²) in [6, 6.07) is 10.4. The van der Waals surface area contributed by atoms with Gasteiger partial charge in [0.1, 0.15) is 0 Å². The number of pyridine rings is 1. The largest absolute Gasteiger partial charge is 0.490 e. The number of aromatic nitrogens is 1. The van der Waals surface area contributed by atoms with E-state index in [2.05, 4.69) is 10.3 Å². The van der Waals surface area contributed by atoms with Crippen LogP contribution in [0.25, 0.3) is 10.9 Å². The number of nitrogens with one attached hydrogen (secondary N) is 1. The summed E-state index contributed by atoms with van der Waals surface area (Å²) in [6.07, 6.45) is -2.91. The molecule has 1 N–H and O–H groups in total. The van der Waals surface area contributed by atoms with Crippen LogP contribution in [0.15, 0.2) is 48.7 Å². The molecule has 1 heterocycles. The van der Waals surface area contributed by atoms with Gasteiger partial charge in [0, 0.05) is 23.3 Å². The van der Waals surface area contributed by atoms with Crippen molar-refractivity contribution in [3.05, 3.63) is 54.2 Å². The van der Waals surface area contributed by atoms with Crippen LogP contribution < -0.4 is 14.8 Å². The average molecular weight is 376 g/mol. The number of benzene rings is 2. The summed E-state index contributed by atoms with van der Waals surface area (Å²) >= 11 is 0. The number of halogens is 3. The van der Waals surface area contributed by atoms with Gasteiger partial charge in [0.2, 0.25) is 0 Å². The molecule has 0 atom stereocenters. The van der Waals surface area contributed by atoms with Crippen molar-refractivity contribution in [3.8, 4) is 11.5 Å². The third-order valence-electron chi connectivity index (χ3n) is 3.91. The van der Waals surface area contributed by atoms with Gasteiger partial charge in [-0.2, -0.15) is 13.2 Å². The first-order chi connectivity index (χ1) is 12.9. The zero-order valence-electron chi connectivity index (χ0n) is 14.9. The van der Waals surface area contributed by atoms with Crippen molar-refractivity contribution in [1.82, 2.24) is 4.98 Å². The maximum Gasteiger partial charge on any atom is 0.418 e. The van der Waals surface area contributed by atoms with Gasteiger partial charge in [-0.1, -0.05) is 12.1 Å². The molecular formula is C20H19F3N2O2. The van der Waals surface area contributed by atoms with Crippen LogP contribution in [-0.4, -0.2) is 18.2 Å². The van der Waals surface area contributed by atoms with E-state index in [1.165, 1.54) is 18.3 Å². The SMILES string of the molecule is CCOc1cc2nccc(Nc3ccccc3C(F)(F)F)c2cc1OCC. The summed E-state index contributed by atoms with van der Waals surface area (Å²) in [4.78, 5) is 4.30. The van der Waals surface area contributed by atoms with Gasteiger partial charge in [-0.3, -0.25) is 4.98 Å². The number of hydrogen-bond acceptors (Lipinski definition) is 4. The fraction of sp³-hybridized carbons (Fsp3) is 0.250. The number of anilines is 2. The molecule has 142 valence electrons. The van der Waals surface area contributed by atoms with E-state index in [1.54, 1.807) is 24.3 Å². The maximum absolute atomic E-state index is 13.3. The Labute approximate surface area is 154 Å². The highest BCUT2D eigenvalue weighted by molar-refractivity contribution is 5.95. The van der Waals surface area contributed by atoms with Gasteiger partial charge in [0.05, 0.1) is 30.0 Å². The number of alkyl halides is 3. The normalized spacial score (nSPS) is 11.4. The lowest BCUT2D eigenvalue weighted by atomic mass is 10.1. The van der Waals surface area contributed by atoms with Crippen LogP contribution in [0, 0.1) is 0 Å². The first-order valence-corrected chi connectivity index (χ1v) is 8.55. The molecule has 7 heteroatoms. The van der Waals surface area contributed by atoms with E-state index in [1.807, 2.05) is 13.8 Å². The van der Waals surface area contributed by atoms with Gasteiger partial charge in [0.25, 0.3) is 0 Å². The predicted molar refractivity (Wildman–Crippen MR) is 98.8 cm³/mol. The number of hydrogen-bond donors (Lipinski definition) is 1. The number of para-hydroxylation sites is 1. The lowest BCUT2D eigenvalue weighted by Crippen LogP contribution is -2.08. The summed E-state index contributed by atoms with van der Waals surface area (Å²) in [6.45, 7) is 4.61. The van der Waals surface area contributed by atoms with Crippen molar-refractivity contribution in [2.45, 2.75) is 20.0 Å². The van der Waals surface area contributed by atoms with Crippen molar-refractivity contribution in [2.75, 3.05) is 18.5 Å².